The highest BCUT2D eigenvalue weighted by Crippen LogP contribution is 2.25. The number of hydrogen-bond acceptors (Lipinski definition) is 7. The minimum atomic E-state index is -0.356. The van der Waals surface area contributed by atoms with Gasteiger partial charge in [0.2, 0.25) is 5.95 Å². The molecular weight excluding hydrogens is 559 g/mol. The number of amides is 2. The van der Waals surface area contributed by atoms with Gasteiger partial charge in [-0.2, -0.15) is 0 Å². The summed E-state index contributed by atoms with van der Waals surface area (Å²) in [5.41, 5.74) is 2.53. The van der Waals surface area contributed by atoms with E-state index in [1.165, 1.54) is 19.3 Å². The van der Waals surface area contributed by atoms with Crippen LogP contribution in [0.1, 0.15) is 26.4 Å². The van der Waals surface area contributed by atoms with Crippen LogP contribution in [0.5, 0.6) is 11.5 Å². The zero-order valence-corrected chi connectivity index (χ0v) is 20.1. The lowest BCUT2D eigenvalue weighted by Gasteiger charge is -2.09. The molecule has 0 fully saturated rings. The third-order valence-corrected chi connectivity index (χ3v) is 5.59. The van der Waals surface area contributed by atoms with Gasteiger partial charge in [0.15, 0.2) is 0 Å². The maximum atomic E-state index is 12.7. The number of benzene rings is 2. The van der Waals surface area contributed by atoms with Crippen LogP contribution in [-0.4, -0.2) is 39.0 Å². The van der Waals surface area contributed by atoms with Gasteiger partial charge in [0.25, 0.3) is 11.8 Å². The lowest BCUT2D eigenvalue weighted by Crippen LogP contribution is -2.18. The van der Waals surface area contributed by atoms with E-state index >= 15 is 0 Å². The number of fused-ring (bicyclic) bond motifs is 1. The van der Waals surface area contributed by atoms with Gasteiger partial charge in [0, 0.05) is 40.4 Å². The van der Waals surface area contributed by atoms with Gasteiger partial charge in [-0.1, -0.05) is 34.2 Å². The molecule has 4 aromatic rings. The average molecular weight is 575 g/mol. The number of anilines is 1. The maximum Gasteiger partial charge on any atom is 0.269 e. The van der Waals surface area contributed by atoms with Crippen molar-refractivity contribution >= 4 is 63.0 Å². The molecule has 9 nitrogen and oxygen atoms in total. The lowest BCUT2D eigenvalue weighted by molar-refractivity contribution is 0.0957. The molecule has 0 atom stereocenters. The van der Waals surface area contributed by atoms with E-state index in [2.05, 4.69) is 53.4 Å². The summed E-state index contributed by atoms with van der Waals surface area (Å²) in [6.07, 6.45) is 1.49. The summed E-state index contributed by atoms with van der Waals surface area (Å²) in [5.74, 6) is 0.296. The molecule has 0 aliphatic carbocycles. The maximum absolute atomic E-state index is 12.7. The number of carbonyl (C=O) groups excluding carboxylic acids is 2. The lowest BCUT2D eigenvalue weighted by atomic mass is 10.1. The first kappa shape index (κ1) is 22.8. The summed E-state index contributed by atoms with van der Waals surface area (Å²) >= 11 is 8.19. The third kappa shape index (κ3) is 5.34. The van der Waals surface area contributed by atoms with E-state index < -0.39 is 0 Å². The van der Waals surface area contributed by atoms with E-state index in [1.54, 1.807) is 42.5 Å². The van der Waals surface area contributed by atoms with Crippen LogP contribution in [0.15, 0.2) is 54.7 Å². The van der Waals surface area contributed by atoms with E-state index in [4.69, 9.17) is 16.3 Å². The minimum Gasteiger partial charge on any atom is -0.457 e. The number of carbonyl (C=O) groups is 2. The first-order chi connectivity index (χ1) is 16.0. The van der Waals surface area contributed by atoms with Crippen molar-refractivity contribution in [2.45, 2.75) is 4.43 Å². The molecule has 0 unspecified atom stereocenters. The molecule has 0 spiro atoms. The Morgan fingerprint density at radius 2 is 1.82 bits per heavy atom. The minimum absolute atomic E-state index is 0.0600. The number of rotatable bonds is 6. The van der Waals surface area contributed by atoms with Gasteiger partial charge in [0.05, 0.1) is 5.52 Å². The normalized spacial score (nSPS) is 10.6. The van der Waals surface area contributed by atoms with Crippen molar-refractivity contribution in [2.75, 3.05) is 12.4 Å². The van der Waals surface area contributed by atoms with Gasteiger partial charge in [-0.3, -0.25) is 19.9 Å². The van der Waals surface area contributed by atoms with Crippen LogP contribution in [0.4, 0.5) is 5.95 Å². The Labute approximate surface area is 207 Å². The SMILES string of the molecule is CNC(=O)c1cc(Oc2ccc3nnc(NC(=O)c4ccc(Cl)cc4CI)nc3c2)ccn1. The van der Waals surface area contributed by atoms with Crippen molar-refractivity contribution in [1.82, 2.24) is 25.5 Å². The molecule has 33 heavy (non-hydrogen) atoms. The zero-order chi connectivity index (χ0) is 23.4. The number of ether oxygens (including phenoxy) is 1. The molecule has 2 heterocycles. The molecule has 2 aromatic carbocycles. The molecule has 11 heteroatoms. The zero-order valence-electron chi connectivity index (χ0n) is 17.2. The van der Waals surface area contributed by atoms with Gasteiger partial charge in [-0.05, 0) is 42.0 Å². The molecule has 2 aromatic heterocycles. The highest BCUT2D eigenvalue weighted by atomic mass is 127. The van der Waals surface area contributed by atoms with Crippen LogP contribution in [0.3, 0.4) is 0 Å². The number of hydrogen-bond donors (Lipinski definition) is 2. The Balaban J connectivity index is 1.57. The number of nitrogens with zero attached hydrogens (tertiary/aromatic N) is 4. The Morgan fingerprint density at radius 3 is 2.61 bits per heavy atom. The molecule has 0 saturated carbocycles. The summed E-state index contributed by atoms with van der Waals surface area (Å²) in [4.78, 5) is 32.9. The van der Waals surface area contributed by atoms with E-state index in [1.807, 2.05) is 0 Å². The largest absolute Gasteiger partial charge is 0.457 e. The summed E-state index contributed by atoms with van der Waals surface area (Å²) in [7, 11) is 1.53. The highest BCUT2D eigenvalue weighted by Gasteiger charge is 2.14. The summed E-state index contributed by atoms with van der Waals surface area (Å²) < 4.78 is 6.46. The Hall–Kier alpha value is -3.38. The molecular formula is C22H16ClIN6O3. The summed E-state index contributed by atoms with van der Waals surface area (Å²) in [5, 5.41) is 13.9. The van der Waals surface area contributed by atoms with Crippen molar-refractivity contribution in [3.8, 4) is 11.5 Å². The van der Waals surface area contributed by atoms with Gasteiger partial charge in [-0.15, -0.1) is 10.2 Å². The Bertz CT molecular complexity index is 1370. The monoisotopic (exact) mass is 574 g/mol. The van der Waals surface area contributed by atoms with Crippen molar-refractivity contribution < 1.29 is 14.3 Å². The topological polar surface area (TPSA) is 119 Å². The third-order valence-electron chi connectivity index (χ3n) is 4.53. The van der Waals surface area contributed by atoms with E-state index in [-0.39, 0.29) is 23.5 Å². The van der Waals surface area contributed by atoms with E-state index in [9.17, 15) is 9.59 Å². The smallest absolute Gasteiger partial charge is 0.269 e. The molecule has 0 bridgehead atoms. The van der Waals surface area contributed by atoms with Crippen LogP contribution >= 0.6 is 34.2 Å². The van der Waals surface area contributed by atoms with E-state index in [0.29, 0.717) is 37.5 Å². The van der Waals surface area contributed by atoms with Crippen molar-refractivity contribution in [3.05, 3.63) is 76.6 Å². The second-order valence-corrected chi connectivity index (χ2v) is 7.93. The first-order valence-corrected chi connectivity index (χ1v) is 11.5. The molecule has 4 rings (SSSR count). The molecule has 0 radical (unpaired) electrons. The fourth-order valence-corrected chi connectivity index (χ4v) is 3.78. The molecule has 166 valence electrons. The van der Waals surface area contributed by atoms with Crippen molar-refractivity contribution in [3.63, 3.8) is 0 Å². The predicted molar refractivity (Wildman–Crippen MR) is 132 cm³/mol. The number of alkyl halides is 1. The molecule has 0 saturated heterocycles. The van der Waals surface area contributed by atoms with Gasteiger partial charge in [-0.25, -0.2) is 4.98 Å². The second kappa shape index (κ2) is 10.0. The Kier molecular flexibility index (Phi) is 6.94. The summed E-state index contributed by atoms with van der Waals surface area (Å²) in [6.45, 7) is 0. The number of pyridine rings is 1. The van der Waals surface area contributed by atoms with Gasteiger partial charge in [0.1, 0.15) is 22.7 Å². The molecule has 0 aliphatic heterocycles. The Morgan fingerprint density at radius 1 is 1.00 bits per heavy atom. The van der Waals surface area contributed by atoms with Gasteiger partial charge >= 0.3 is 0 Å². The van der Waals surface area contributed by atoms with Crippen LogP contribution in [-0.2, 0) is 4.43 Å². The van der Waals surface area contributed by atoms with Crippen molar-refractivity contribution in [2.24, 2.45) is 0 Å². The van der Waals surface area contributed by atoms with Crippen LogP contribution < -0.4 is 15.4 Å². The fraction of sp³-hybridized carbons (Fsp3) is 0.0909. The molecule has 0 aliphatic rings. The first-order valence-electron chi connectivity index (χ1n) is 9.63. The van der Waals surface area contributed by atoms with Crippen LogP contribution in [0.2, 0.25) is 5.02 Å². The van der Waals surface area contributed by atoms with Crippen LogP contribution in [0, 0.1) is 0 Å². The summed E-state index contributed by atoms with van der Waals surface area (Å²) in [6, 6.07) is 13.3. The number of halogens is 2. The van der Waals surface area contributed by atoms with Crippen LogP contribution in [0.25, 0.3) is 11.0 Å². The number of aromatic nitrogens is 4. The molecule has 2 amide bonds. The highest BCUT2D eigenvalue weighted by molar-refractivity contribution is 14.1. The molecule has 2 N–H and O–H groups in total. The second-order valence-electron chi connectivity index (χ2n) is 6.73. The predicted octanol–water partition coefficient (Wildman–Crippen LogP) is 4.41. The standard InChI is InChI=1S/C22H16ClIN6O3/c1-25-21(32)19-10-15(6-7-26-19)33-14-3-5-17-18(9-14)27-22(30-29-17)28-20(31)16-4-2-13(23)8-12(16)11-24/h2-10H,11H2,1H3,(H,25,32)(H,27,28,30,31). The van der Waals surface area contributed by atoms with E-state index in [0.717, 1.165) is 5.56 Å². The quantitative estimate of drug-likeness (QED) is 0.259. The van der Waals surface area contributed by atoms with Crippen molar-refractivity contribution in [1.29, 1.82) is 0 Å². The fourth-order valence-electron chi connectivity index (χ4n) is 2.96. The van der Waals surface area contributed by atoms with Gasteiger partial charge < -0.3 is 10.1 Å². The number of nitrogens with one attached hydrogen (secondary N) is 2. The average Bonchev–Trinajstić information content (AvgIpc) is 2.83.